The van der Waals surface area contributed by atoms with Gasteiger partial charge in [-0.2, -0.15) is 0 Å². The fraction of sp³-hybridized carbons (Fsp3) is 0.727. The lowest BCUT2D eigenvalue weighted by molar-refractivity contribution is -0.157. The van der Waals surface area contributed by atoms with E-state index in [1.165, 1.54) is 0 Å². The fourth-order valence-corrected chi connectivity index (χ4v) is 1.84. The Balaban J connectivity index is 2.53. The van der Waals surface area contributed by atoms with Gasteiger partial charge in [-0.1, -0.05) is 6.08 Å². The molecule has 0 bridgehead atoms. The van der Waals surface area contributed by atoms with Crippen LogP contribution in [0.15, 0.2) is 12.7 Å². The molecule has 0 saturated carbocycles. The van der Waals surface area contributed by atoms with Crippen molar-refractivity contribution in [2.75, 3.05) is 13.2 Å². The second-order valence-corrected chi connectivity index (χ2v) is 3.58. The van der Waals surface area contributed by atoms with E-state index >= 15 is 0 Å². The Morgan fingerprint density at radius 1 is 1.80 bits per heavy atom. The first-order valence-electron chi connectivity index (χ1n) is 5.27. The summed E-state index contributed by atoms with van der Waals surface area (Å²) in [5.74, 6) is -0.718. The lowest BCUT2D eigenvalue weighted by atomic mass is 9.93. The Hall–Kier alpha value is -0.870. The molecule has 1 heterocycles. The van der Waals surface area contributed by atoms with Crippen molar-refractivity contribution in [3.05, 3.63) is 12.7 Å². The molecule has 0 aliphatic carbocycles. The summed E-state index contributed by atoms with van der Waals surface area (Å²) in [5.41, 5.74) is 0. The van der Waals surface area contributed by atoms with Gasteiger partial charge in [0, 0.05) is 12.5 Å². The monoisotopic (exact) mass is 214 g/mol. The predicted molar refractivity (Wildman–Crippen MR) is 55.3 cm³/mol. The largest absolute Gasteiger partial charge is 0.464 e. The number of carbonyl (C=O) groups is 1. The van der Waals surface area contributed by atoms with Crippen LogP contribution in [0.25, 0.3) is 0 Å². The summed E-state index contributed by atoms with van der Waals surface area (Å²) < 4.78 is 10.2. The van der Waals surface area contributed by atoms with Crippen LogP contribution in [-0.4, -0.2) is 36.5 Å². The van der Waals surface area contributed by atoms with Crippen molar-refractivity contribution in [2.45, 2.75) is 32.0 Å². The molecule has 4 heteroatoms. The van der Waals surface area contributed by atoms with Gasteiger partial charge in [0.25, 0.3) is 0 Å². The van der Waals surface area contributed by atoms with Crippen molar-refractivity contribution in [1.29, 1.82) is 0 Å². The molecule has 3 unspecified atom stereocenters. The Morgan fingerprint density at radius 2 is 2.53 bits per heavy atom. The van der Waals surface area contributed by atoms with E-state index in [2.05, 4.69) is 6.58 Å². The molecule has 0 aromatic rings. The predicted octanol–water partition coefficient (Wildman–Crippen LogP) is 0.892. The Bertz CT molecular complexity index is 227. The summed E-state index contributed by atoms with van der Waals surface area (Å²) in [5, 5.41) is 9.76. The molecular formula is C11H18O4. The first-order chi connectivity index (χ1) is 7.20. The zero-order chi connectivity index (χ0) is 11.3. The molecule has 0 radical (unpaired) electrons. The third-order valence-electron chi connectivity index (χ3n) is 2.59. The van der Waals surface area contributed by atoms with Crippen molar-refractivity contribution in [3.63, 3.8) is 0 Å². The van der Waals surface area contributed by atoms with E-state index in [0.717, 1.165) is 0 Å². The van der Waals surface area contributed by atoms with E-state index in [9.17, 15) is 9.90 Å². The quantitative estimate of drug-likeness (QED) is 0.545. The zero-order valence-electron chi connectivity index (χ0n) is 9.02. The van der Waals surface area contributed by atoms with E-state index in [1.807, 2.05) is 0 Å². The molecule has 0 aromatic heterocycles. The molecule has 1 N–H and O–H groups in total. The Labute approximate surface area is 89.9 Å². The number of ether oxygens (including phenoxy) is 2. The average molecular weight is 214 g/mol. The first kappa shape index (κ1) is 12.2. The summed E-state index contributed by atoms with van der Waals surface area (Å²) in [6.07, 6.45) is 1.90. The molecule has 86 valence electrons. The van der Waals surface area contributed by atoms with Gasteiger partial charge in [0.05, 0.1) is 12.7 Å². The van der Waals surface area contributed by atoms with E-state index in [1.54, 1.807) is 13.0 Å². The SMILES string of the molecule is C=CCC1OCCC1C(O)C(=O)OCC. The van der Waals surface area contributed by atoms with Gasteiger partial charge >= 0.3 is 5.97 Å². The summed E-state index contributed by atoms with van der Waals surface area (Å²) in [4.78, 5) is 11.3. The molecule has 1 fully saturated rings. The molecule has 3 atom stereocenters. The minimum absolute atomic E-state index is 0.109. The minimum Gasteiger partial charge on any atom is -0.464 e. The number of rotatable bonds is 5. The van der Waals surface area contributed by atoms with Crippen molar-refractivity contribution in [2.24, 2.45) is 5.92 Å². The van der Waals surface area contributed by atoms with E-state index < -0.39 is 12.1 Å². The van der Waals surface area contributed by atoms with Crippen molar-refractivity contribution >= 4 is 5.97 Å². The van der Waals surface area contributed by atoms with Gasteiger partial charge in [0.15, 0.2) is 6.10 Å². The zero-order valence-corrected chi connectivity index (χ0v) is 9.02. The highest BCUT2D eigenvalue weighted by Gasteiger charge is 2.37. The number of hydrogen-bond acceptors (Lipinski definition) is 4. The number of aliphatic hydroxyl groups excluding tert-OH is 1. The highest BCUT2D eigenvalue weighted by atomic mass is 16.5. The molecule has 0 spiro atoms. The molecule has 1 saturated heterocycles. The van der Waals surface area contributed by atoms with E-state index in [-0.39, 0.29) is 18.6 Å². The second-order valence-electron chi connectivity index (χ2n) is 3.58. The van der Waals surface area contributed by atoms with Crippen LogP contribution >= 0.6 is 0 Å². The van der Waals surface area contributed by atoms with Crippen LogP contribution in [0.5, 0.6) is 0 Å². The standard InChI is InChI=1S/C11H18O4/c1-3-5-9-8(6-7-15-9)10(12)11(13)14-4-2/h3,8-10,12H,1,4-7H2,2H3. The molecule has 1 aliphatic heterocycles. The molecule has 0 amide bonds. The first-order valence-corrected chi connectivity index (χ1v) is 5.27. The smallest absolute Gasteiger partial charge is 0.335 e. The molecule has 15 heavy (non-hydrogen) atoms. The second kappa shape index (κ2) is 5.88. The summed E-state index contributed by atoms with van der Waals surface area (Å²) in [6, 6.07) is 0. The molecule has 4 nitrogen and oxygen atoms in total. The lowest BCUT2D eigenvalue weighted by Gasteiger charge is -2.21. The number of carbonyl (C=O) groups excluding carboxylic acids is 1. The van der Waals surface area contributed by atoms with Crippen LogP contribution < -0.4 is 0 Å². The van der Waals surface area contributed by atoms with Gasteiger partial charge in [0.2, 0.25) is 0 Å². The van der Waals surface area contributed by atoms with Crippen molar-refractivity contribution in [3.8, 4) is 0 Å². The number of aliphatic hydroxyl groups is 1. The fourth-order valence-electron chi connectivity index (χ4n) is 1.84. The normalized spacial score (nSPS) is 27.3. The molecule has 1 rings (SSSR count). The average Bonchev–Trinajstić information content (AvgIpc) is 2.66. The van der Waals surface area contributed by atoms with Crippen LogP contribution in [-0.2, 0) is 14.3 Å². The van der Waals surface area contributed by atoms with Gasteiger partial charge in [-0.05, 0) is 19.8 Å². The summed E-state index contributed by atoms with van der Waals surface area (Å²) in [7, 11) is 0. The van der Waals surface area contributed by atoms with Crippen LogP contribution in [0.4, 0.5) is 0 Å². The third kappa shape index (κ3) is 3.04. The van der Waals surface area contributed by atoms with Crippen molar-refractivity contribution in [1.82, 2.24) is 0 Å². The van der Waals surface area contributed by atoms with Gasteiger partial charge in [0.1, 0.15) is 0 Å². The highest BCUT2D eigenvalue weighted by molar-refractivity contribution is 5.74. The number of hydrogen-bond donors (Lipinski definition) is 1. The van der Waals surface area contributed by atoms with Gasteiger partial charge < -0.3 is 14.6 Å². The lowest BCUT2D eigenvalue weighted by Crippen LogP contribution is -2.35. The van der Waals surface area contributed by atoms with Crippen LogP contribution in [0, 0.1) is 5.92 Å². The molecule has 0 aromatic carbocycles. The minimum atomic E-state index is -1.07. The van der Waals surface area contributed by atoms with E-state index in [0.29, 0.717) is 19.4 Å². The maximum absolute atomic E-state index is 11.3. The highest BCUT2D eigenvalue weighted by Crippen LogP contribution is 2.27. The van der Waals surface area contributed by atoms with Crippen LogP contribution in [0.3, 0.4) is 0 Å². The van der Waals surface area contributed by atoms with E-state index in [4.69, 9.17) is 9.47 Å². The Morgan fingerprint density at radius 3 is 3.13 bits per heavy atom. The van der Waals surface area contributed by atoms with Crippen LogP contribution in [0.2, 0.25) is 0 Å². The molecular weight excluding hydrogens is 196 g/mol. The maximum Gasteiger partial charge on any atom is 0.335 e. The maximum atomic E-state index is 11.3. The van der Waals surface area contributed by atoms with Crippen LogP contribution in [0.1, 0.15) is 19.8 Å². The van der Waals surface area contributed by atoms with Gasteiger partial charge in [-0.3, -0.25) is 0 Å². The third-order valence-corrected chi connectivity index (χ3v) is 2.59. The van der Waals surface area contributed by atoms with Gasteiger partial charge in [-0.15, -0.1) is 6.58 Å². The van der Waals surface area contributed by atoms with Crippen molar-refractivity contribution < 1.29 is 19.4 Å². The summed E-state index contributed by atoms with van der Waals surface area (Å²) >= 11 is 0. The Kier molecular flexibility index (Phi) is 4.78. The molecule has 1 aliphatic rings. The summed E-state index contributed by atoms with van der Waals surface area (Å²) in [6.45, 7) is 6.21. The number of esters is 1. The van der Waals surface area contributed by atoms with Gasteiger partial charge in [-0.25, -0.2) is 4.79 Å². The topological polar surface area (TPSA) is 55.8 Å².